The number of carboxylic acids is 1. The zero-order chi connectivity index (χ0) is 14.9. The van der Waals surface area contributed by atoms with Crippen molar-refractivity contribution in [2.45, 2.75) is 6.92 Å². The smallest absolute Gasteiger partial charge is 0.335 e. The van der Waals surface area contributed by atoms with Crippen molar-refractivity contribution < 1.29 is 14.7 Å². The second-order valence-corrected chi connectivity index (χ2v) is 5.29. The number of aryl methyl sites for hydroxylation is 1. The molecule has 0 aliphatic carbocycles. The fourth-order valence-corrected chi connectivity index (χ4v) is 2.75. The molecule has 2 aromatic rings. The maximum Gasteiger partial charge on any atom is 0.335 e. The van der Waals surface area contributed by atoms with Crippen LogP contribution in [0.3, 0.4) is 0 Å². The summed E-state index contributed by atoms with van der Waals surface area (Å²) >= 11 is 1.37. The molecular weight excluding hydrogens is 276 g/mol. The monoisotopic (exact) mass is 290 g/mol. The standard InChI is InChI=1S/C14H14N2O3S/c1-8-5-6-20-12(8)13(17)16(2)11-4-3-9(14(18)19)7-10(11)15/h3-7H,15H2,1-2H3,(H,18,19). The quantitative estimate of drug-likeness (QED) is 0.851. The van der Waals surface area contributed by atoms with Crippen molar-refractivity contribution in [2.75, 3.05) is 17.7 Å². The summed E-state index contributed by atoms with van der Waals surface area (Å²) in [5, 5.41) is 10.8. The van der Waals surface area contributed by atoms with Gasteiger partial charge < -0.3 is 15.7 Å². The molecule has 2 rings (SSSR count). The number of thiophene rings is 1. The predicted octanol–water partition coefficient (Wildman–Crippen LogP) is 2.61. The van der Waals surface area contributed by atoms with Crippen molar-refractivity contribution in [1.29, 1.82) is 0 Å². The van der Waals surface area contributed by atoms with Crippen molar-refractivity contribution in [3.05, 3.63) is 45.6 Å². The highest BCUT2D eigenvalue weighted by molar-refractivity contribution is 7.12. The Labute approximate surface area is 120 Å². The first-order valence-electron chi connectivity index (χ1n) is 5.86. The lowest BCUT2D eigenvalue weighted by Gasteiger charge is -2.19. The Hall–Kier alpha value is -2.34. The molecule has 0 unspecified atom stereocenters. The number of carbonyl (C=O) groups excluding carboxylic acids is 1. The Morgan fingerprint density at radius 3 is 2.50 bits per heavy atom. The summed E-state index contributed by atoms with van der Waals surface area (Å²) in [5.74, 6) is -1.21. The van der Waals surface area contributed by atoms with Crippen molar-refractivity contribution in [2.24, 2.45) is 0 Å². The fourth-order valence-electron chi connectivity index (χ4n) is 1.85. The third-order valence-corrected chi connectivity index (χ3v) is 4.00. The number of nitrogen functional groups attached to an aromatic ring is 1. The fraction of sp³-hybridized carbons (Fsp3) is 0.143. The molecular formula is C14H14N2O3S. The summed E-state index contributed by atoms with van der Waals surface area (Å²) < 4.78 is 0. The molecule has 0 saturated heterocycles. The number of amides is 1. The molecule has 104 valence electrons. The normalized spacial score (nSPS) is 10.3. The van der Waals surface area contributed by atoms with Gasteiger partial charge in [-0.05, 0) is 42.1 Å². The SMILES string of the molecule is Cc1ccsc1C(=O)N(C)c1ccc(C(=O)O)cc1N. The van der Waals surface area contributed by atoms with E-state index in [9.17, 15) is 9.59 Å². The molecule has 3 N–H and O–H groups in total. The van der Waals surface area contributed by atoms with Crippen molar-refractivity contribution in [1.82, 2.24) is 0 Å². The number of carbonyl (C=O) groups is 2. The molecule has 20 heavy (non-hydrogen) atoms. The highest BCUT2D eigenvalue weighted by Gasteiger charge is 2.19. The zero-order valence-corrected chi connectivity index (χ0v) is 11.9. The number of hydrogen-bond acceptors (Lipinski definition) is 4. The first-order valence-corrected chi connectivity index (χ1v) is 6.74. The number of benzene rings is 1. The molecule has 0 fully saturated rings. The molecule has 1 aromatic carbocycles. The van der Waals surface area contributed by atoms with Crippen LogP contribution >= 0.6 is 11.3 Å². The van der Waals surface area contributed by atoms with Crippen LogP contribution < -0.4 is 10.6 Å². The van der Waals surface area contributed by atoms with Crippen molar-refractivity contribution in [3.8, 4) is 0 Å². The molecule has 0 bridgehead atoms. The first-order chi connectivity index (χ1) is 9.41. The Balaban J connectivity index is 2.34. The Kier molecular flexibility index (Phi) is 3.76. The number of rotatable bonds is 3. The zero-order valence-electron chi connectivity index (χ0n) is 11.1. The van der Waals surface area contributed by atoms with E-state index in [1.165, 1.54) is 28.4 Å². The molecule has 0 saturated carbocycles. The number of anilines is 2. The van der Waals surface area contributed by atoms with Crippen LogP contribution in [0.2, 0.25) is 0 Å². The summed E-state index contributed by atoms with van der Waals surface area (Å²) in [5.41, 5.74) is 7.59. The number of carboxylic acid groups (broad SMARTS) is 1. The number of nitrogens with zero attached hydrogens (tertiary/aromatic N) is 1. The summed E-state index contributed by atoms with van der Waals surface area (Å²) in [7, 11) is 1.62. The third-order valence-electron chi connectivity index (χ3n) is 3.00. The maximum atomic E-state index is 12.4. The van der Waals surface area contributed by atoms with Gasteiger partial charge in [0.15, 0.2) is 0 Å². The first kappa shape index (κ1) is 14.1. The van der Waals surface area contributed by atoms with E-state index in [1.807, 2.05) is 18.4 Å². The van der Waals surface area contributed by atoms with Crippen LogP contribution in [0, 0.1) is 6.92 Å². The number of aromatic carboxylic acids is 1. The second kappa shape index (κ2) is 5.34. The topological polar surface area (TPSA) is 83.6 Å². The lowest BCUT2D eigenvalue weighted by molar-refractivity contribution is 0.0697. The third kappa shape index (κ3) is 2.50. The van der Waals surface area contributed by atoms with Crippen molar-refractivity contribution >= 4 is 34.6 Å². The molecule has 1 heterocycles. The van der Waals surface area contributed by atoms with E-state index in [2.05, 4.69) is 0 Å². The van der Waals surface area contributed by atoms with Crippen LogP contribution in [0.25, 0.3) is 0 Å². The maximum absolute atomic E-state index is 12.4. The van der Waals surface area contributed by atoms with Gasteiger partial charge in [0, 0.05) is 7.05 Å². The second-order valence-electron chi connectivity index (χ2n) is 4.38. The van der Waals surface area contributed by atoms with E-state index in [-0.39, 0.29) is 17.2 Å². The van der Waals surface area contributed by atoms with E-state index in [0.717, 1.165) is 5.56 Å². The van der Waals surface area contributed by atoms with E-state index in [4.69, 9.17) is 10.8 Å². The van der Waals surface area contributed by atoms with E-state index >= 15 is 0 Å². The van der Waals surface area contributed by atoms with Crippen LogP contribution in [0.4, 0.5) is 11.4 Å². The van der Waals surface area contributed by atoms with Gasteiger partial charge in [-0.3, -0.25) is 4.79 Å². The molecule has 1 amide bonds. The Morgan fingerprint density at radius 1 is 1.30 bits per heavy atom. The van der Waals surface area contributed by atoms with Gasteiger partial charge in [-0.1, -0.05) is 0 Å². The summed E-state index contributed by atoms with van der Waals surface area (Å²) in [6.45, 7) is 1.87. The van der Waals surface area contributed by atoms with Gasteiger partial charge in [0.05, 0.1) is 21.8 Å². The van der Waals surface area contributed by atoms with Crippen LogP contribution in [0.15, 0.2) is 29.6 Å². The molecule has 5 nitrogen and oxygen atoms in total. The molecule has 6 heteroatoms. The van der Waals surface area contributed by atoms with Gasteiger partial charge in [0.25, 0.3) is 5.91 Å². The van der Waals surface area contributed by atoms with Gasteiger partial charge in [-0.25, -0.2) is 4.79 Å². The summed E-state index contributed by atoms with van der Waals surface area (Å²) in [6.07, 6.45) is 0. The molecule has 0 radical (unpaired) electrons. The average Bonchev–Trinajstić information content (AvgIpc) is 2.83. The minimum atomic E-state index is -1.05. The van der Waals surface area contributed by atoms with Gasteiger partial charge in [-0.15, -0.1) is 11.3 Å². The highest BCUT2D eigenvalue weighted by atomic mass is 32.1. The van der Waals surface area contributed by atoms with Gasteiger partial charge in [0.2, 0.25) is 0 Å². The Morgan fingerprint density at radius 2 is 2.00 bits per heavy atom. The summed E-state index contributed by atoms with van der Waals surface area (Å²) in [6, 6.07) is 6.20. The Bertz CT molecular complexity index is 679. The minimum Gasteiger partial charge on any atom is -0.478 e. The minimum absolute atomic E-state index is 0.0967. The lowest BCUT2D eigenvalue weighted by Crippen LogP contribution is -2.26. The van der Waals surface area contributed by atoms with Crippen molar-refractivity contribution in [3.63, 3.8) is 0 Å². The van der Waals surface area contributed by atoms with Crippen LogP contribution in [0.5, 0.6) is 0 Å². The molecule has 0 aliphatic heterocycles. The highest BCUT2D eigenvalue weighted by Crippen LogP contribution is 2.27. The van der Waals surface area contributed by atoms with Gasteiger partial charge in [-0.2, -0.15) is 0 Å². The molecule has 0 atom stereocenters. The van der Waals surface area contributed by atoms with E-state index in [1.54, 1.807) is 13.1 Å². The largest absolute Gasteiger partial charge is 0.478 e. The van der Waals surface area contributed by atoms with E-state index < -0.39 is 5.97 Å². The van der Waals surface area contributed by atoms with E-state index in [0.29, 0.717) is 10.6 Å². The molecule has 0 aliphatic rings. The number of hydrogen-bond donors (Lipinski definition) is 2. The lowest BCUT2D eigenvalue weighted by atomic mass is 10.1. The van der Waals surface area contributed by atoms with Gasteiger partial charge >= 0.3 is 5.97 Å². The van der Waals surface area contributed by atoms with Gasteiger partial charge in [0.1, 0.15) is 0 Å². The summed E-state index contributed by atoms with van der Waals surface area (Å²) in [4.78, 5) is 25.3. The predicted molar refractivity (Wildman–Crippen MR) is 79.6 cm³/mol. The number of nitrogens with two attached hydrogens (primary N) is 1. The molecule has 1 aromatic heterocycles. The molecule has 0 spiro atoms. The van der Waals surface area contributed by atoms with Crippen LogP contribution in [-0.4, -0.2) is 24.0 Å². The van der Waals surface area contributed by atoms with Crippen LogP contribution in [0.1, 0.15) is 25.6 Å². The average molecular weight is 290 g/mol. The van der Waals surface area contributed by atoms with Crippen LogP contribution in [-0.2, 0) is 0 Å².